The number of likely N-dealkylation sites (N-methyl/N-ethyl adjacent to an activating group) is 1. The van der Waals surface area contributed by atoms with Gasteiger partial charge in [0.15, 0.2) is 0 Å². The Balaban J connectivity index is 2.19. The SMILES string of the molecule is Cc1ccc(N2CCN(C)CC2)c(CO)c1. The summed E-state index contributed by atoms with van der Waals surface area (Å²) in [6, 6.07) is 6.33. The third-order valence-corrected chi connectivity index (χ3v) is 3.25. The van der Waals surface area contributed by atoms with Crippen LogP contribution in [0.5, 0.6) is 0 Å². The summed E-state index contributed by atoms with van der Waals surface area (Å²) < 4.78 is 0. The molecule has 1 aromatic carbocycles. The van der Waals surface area contributed by atoms with Gasteiger partial charge in [0.25, 0.3) is 0 Å². The van der Waals surface area contributed by atoms with Crippen LogP contribution in [0.25, 0.3) is 0 Å². The zero-order valence-corrected chi connectivity index (χ0v) is 10.1. The van der Waals surface area contributed by atoms with E-state index in [9.17, 15) is 5.11 Å². The summed E-state index contributed by atoms with van der Waals surface area (Å²) in [6.45, 7) is 6.48. The molecule has 0 aromatic heterocycles. The number of rotatable bonds is 2. The van der Waals surface area contributed by atoms with Gasteiger partial charge in [0.1, 0.15) is 0 Å². The van der Waals surface area contributed by atoms with Gasteiger partial charge >= 0.3 is 0 Å². The van der Waals surface area contributed by atoms with E-state index in [0.29, 0.717) is 0 Å². The normalized spacial score (nSPS) is 17.8. The van der Waals surface area contributed by atoms with E-state index in [0.717, 1.165) is 31.7 Å². The molecule has 1 fully saturated rings. The number of anilines is 1. The van der Waals surface area contributed by atoms with E-state index in [1.165, 1.54) is 11.3 Å². The largest absolute Gasteiger partial charge is 0.392 e. The van der Waals surface area contributed by atoms with Crippen LogP contribution in [-0.4, -0.2) is 43.2 Å². The van der Waals surface area contributed by atoms with Crippen molar-refractivity contribution in [3.8, 4) is 0 Å². The second-order valence-electron chi connectivity index (χ2n) is 4.58. The number of aliphatic hydroxyl groups excluding tert-OH is 1. The molecule has 88 valence electrons. The Morgan fingerprint density at radius 1 is 1.19 bits per heavy atom. The van der Waals surface area contributed by atoms with Crippen molar-refractivity contribution in [2.45, 2.75) is 13.5 Å². The summed E-state index contributed by atoms with van der Waals surface area (Å²) in [7, 11) is 2.15. The predicted molar refractivity (Wildman–Crippen MR) is 66.8 cm³/mol. The molecule has 1 aliphatic heterocycles. The number of benzene rings is 1. The zero-order chi connectivity index (χ0) is 11.5. The fourth-order valence-electron chi connectivity index (χ4n) is 2.20. The first-order valence-corrected chi connectivity index (χ1v) is 5.84. The topological polar surface area (TPSA) is 26.7 Å². The molecular weight excluding hydrogens is 200 g/mol. The standard InChI is InChI=1S/C13H20N2O/c1-11-3-4-13(12(9-11)10-16)15-7-5-14(2)6-8-15/h3-4,9,16H,5-8,10H2,1-2H3. The molecule has 0 atom stereocenters. The average Bonchev–Trinajstić information content (AvgIpc) is 2.30. The van der Waals surface area contributed by atoms with Gasteiger partial charge in [-0.25, -0.2) is 0 Å². The third-order valence-electron chi connectivity index (χ3n) is 3.25. The van der Waals surface area contributed by atoms with E-state index in [1.54, 1.807) is 0 Å². The average molecular weight is 220 g/mol. The van der Waals surface area contributed by atoms with E-state index < -0.39 is 0 Å². The molecular formula is C13H20N2O. The van der Waals surface area contributed by atoms with Crippen LogP contribution in [-0.2, 0) is 6.61 Å². The lowest BCUT2D eigenvalue weighted by Crippen LogP contribution is -2.44. The van der Waals surface area contributed by atoms with Gasteiger partial charge in [0.05, 0.1) is 6.61 Å². The molecule has 3 nitrogen and oxygen atoms in total. The van der Waals surface area contributed by atoms with E-state index in [2.05, 4.69) is 42.0 Å². The van der Waals surface area contributed by atoms with Crippen molar-refractivity contribution in [3.05, 3.63) is 29.3 Å². The number of aryl methyl sites for hydroxylation is 1. The lowest BCUT2D eigenvalue weighted by atomic mass is 10.1. The lowest BCUT2D eigenvalue weighted by Gasteiger charge is -2.35. The van der Waals surface area contributed by atoms with Crippen molar-refractivity contribution in [2.24, 2.45) is 0 Å². The van der Waals surface area contributed by atoms with Crippen LogP contribution in [0.4, 0.5) is 5.69 Å². The molecule has 16 heavy (non-hydrogen) atoms. The quantitative estimate of drug-likeness (QED) is 0.812. The van der Waals surface area contributed by atoms with Gasteiger partial charge in [0.2, 0.25) is 0 Å². The molecule has 1 aromatic rings. The molecule has 3 heteroatoms. The van der Waals surface area contributed by atoms with Crippen molar-refractivity contribution < 1.29 is 5.11 Å². The van der Waals surface area contributed by atoms with Crippen LogP contribution in [0.1, 0.15) is 11.1 Å². The molecule has 0 unspecified atom stereocenters. The van der Waals surface area contributed by atoms with Gasteiger partial charge in [-0.1, -0.05) is 17.7 Å². The highest BCUT2D eigenvalue weighted by Crippen LogP contribution is 2.23. The maximum atomic E-state index is 9.39. The zero-order valence-electron chi connectivity index (χ0n) is 10.1. The first kappa shape index (κ1) is 11.4. The number of aliphatic hydroxyl groups is 1. The van der Waals surface area contributed by atoms with Crippen LogP contribution in [0.3, 0.4) is 0 Å². The van der Waals surface area contributed by atoms with E-state index in [-0.39, 0.29) is 6.61 Å². The number of piperazine rings is 1. The first-order valence-electron chi connectivity index (χ1n) is 5.84. The maximum Gasteiger partial charge on any atom is 0.0702 e. The smallest absolute Gasteiger partial charge is 0.0702 e. The van der Waals surface area contributed by atoms with Gasteiger partial charge in [-0.2, -0.15) is 0 Å². The van der Waals surface area contributed by atoms with E-state index >= 15 is 0 Å². The predicted octanol–water partition coefficient (Wildman–Crippen LogP) is 1.24. The van der Waals surface area contributed by atoms with E-state index in [1.807, 2.05) is 0 Å². The summed E-state index contributed by atoms with van der Waals surface area (Å²) in [4.78, 5) is 4.70. The van der Waals surface area contributed by atoms with Gasteiger partial charge in [0, 0.05) is 37.4 Å². The second-order valence-corrected chi connectivity index (χ2v) is 4.58. The Kier molecular flexibility index (Phi) is 3.46. The van der Waals surface area contributed by atoms with Crippen LogP contribution in [0.15, 0.2) is 18.2 Å². The summed E-state index contributed by atoms with van der Waals surface area (Å²) in [6.07, 6.45) is 0. The van der Waals surface area contributed by atoms with Crippen molar-refractivity contribution in [3.63, 3.8) is 0 Å². The Labute approximate surface area is 97.3 Å². The molecule has 1 heterocycles. The van der Waals surface area contributed by atoms with Crippen LogP contribution < -0.4 is 4.90 Å². The minimum atomic E-state index is 0.128. The van der Waals surface area contributed by atoms with Crippen molar-refractivity contribution >= 4 is 5.69 Å². The molecule has 0 aliphatic carbocycles. The molecule has 0 radical (unpaired) electrons. The van der Waals surface area contributed by atoms with Crippen LogP contribution >= 0.6 is 0 Å². The molecule has 1 aliphatic rings. The Morgan fingerprint density at radius 2 is 1.88 bits per heavy atom. The molecule has 2 rings (SSSR count). The molecule has 0 spiro atoms. The lowest BCUT2D eigenvalue weighted by molar-refractivity contribution is 0.280. The Bertz CT molecular complexity index is 357. The summed E-state index contributed by atoms with van der Waals surface area (Å²) in [5.74, 6) is 0. The van der Waals surface area contributed by atoms with Crippen molar-refractivity contribution in [1.82, 2.24) is 4.90 Å². The maximum absolute atomic E-state index is 9.39. The van der Waals surface area contributed by atoms with Gasteiger partial charge in [-0.15, -0.1) is 0 Å². The summed E-state index contributed by atoms with van der Waals surface area (Å²) in [5.41, 5.74) is 3.45. The Hall–Kier alpha value is -1.06. The Morgan fingerprint density at radius 3 is 2.50 bits per heavy atom. The van der Waals surface area contributed by atoms with Gasteiger partial charge < -0.3 is 14.9 Å². The minimum absolute atomic E-state index is 0.128. The second kappa shape index (κ2) is 4.85. The highest BCUT2D eigenvalue weighted by molar-refractivity contribution is 5.55. The van der Waals surface area contributed by atoms with Crippen LogP contribution in [0, 0.1) is 6.92 Å². The summed E-state index contributed by atoms with van der Waals surface area (Å²) >= 11 is 0. The highest BCUT2D eigenvalue weighted by Gasteiger charge is 2.16. The number of hydrogen-bond donors (Lipinski definition) is 1. The minimum Gasteiger partial charge on any atom is -0.392 e. The fourth-order valence-corrected chi connectivity index (χ4v) is 2.20. The van der Waals surface area contributed by atoms with Crippen molar-refractivity contribution in [1.29, 1.82) is 0 Å². The molecule has 1 N–H and O–H groups in total. The molecule has 0 amide bonds. The van der Waals surface area contributed by atoms with Gasteiger partial charge in [-0.3, -0.25) is 0 Å². The van der Waals surface area contributed by atoms with E-state index in [4.69, 9.17) is 0 Å². The number of nitrogens with zero attached hydrogens (tertiary/aromatic N) is 2. The fraction of sp³-hybridized carbons (Fsp3) is 0.538. The summed E-state index contributed by atoms with van der Waals surface area (Å²) in [5, 5.41) is 9.39. The monoisotopic (exact) mass is 220 g/mol. The highest BCUT2D eigenvalue weighted by atomic mass is 16.3. The third kappa shape index (κ3) is 2.36. The molecule has 0 saturated carbocycles. The van der Waals surface area contributed by atoms with Crippen molar-refractivity contribution in [2.75, 3.05) is 38.1 Å². The molecule has 1 saturated heterocycles. The van der Waals surface area contributed by atoms with Gasteiger partial charge in [-0.05, 0) is 20.0 Å². The first-order chi connectivity index (χ1) is 7.70. The number of hydrogen-bond acceptors (Lipinski definition) is 3. The molecule has 0 bridgehead atoms. The van der Waals surface area contributed by atoms with Crippen LogP contribution in [0.2, 0.25) is 0 Å².